The zero-order chi connectivity index (χ0) is 17.6. The van der Waals surface area contributed by atoms with Crippen LogP contribution < -0.4 is 15.8 Å². The van der Waals surface area contributed by atoms with Crippen LogP contribution in [-0.4, -0.2) is 46.7 Å². The first kappa shape index (κ1) is 21.9. The Kier molecular flexibility index (Phi) is 8.81. The van der Waals surface area contributed by atoms with Gasteiger partial charge in [0, 0.05) is 31.3 Å². The normalized spacial score (nSPS) is 20.6. The third-order valence-electron chi connectivity index (χ3n) is 4.13. The number of hydrogen-bond acceptors (Lipinski definition) is 5. The molecular formula is C16H26ClN3O4S. The Morgan fingerprint density at radius 1 is 1.20 bits per heavy atom. The second-order valence-corrected chi connectivity index (χ2v) is 7.77. The lowest BCUT2D eigenvalue weighted by Crippen LogP contribution is -2.40. The van der Waals surface area contributed by atoms with E-state index in [9.17, 15) is 13.2 Å². The first-order chi connectivity index (χ1) is 11.4. The maximum absolute atomic E-state index is 12.2. The zero-order valence-corrected chi connectivity index (χ0v) is 15.9. The van der Waals surface area contributed by atoms with Crippen molar-refractivity contribution in [2.75, 3.05) is 20.3 Å². The fourth-order valence-electron chi connectivity index (χ4n) is 2.68. The minimum absolute atomic E-state index is 0. The molecule has 9 heteroatoms. The molecule has 2 rings (SSSR count). The summed E-state index contributed by atoms with van der Waals surface area (Å²) in [5.74, 6) is -0.188. The molecule has 1 saturated carbocycles. The van der Waals surface area contributed by atoms with Crippen molar-refractivity contribution in [3.05, 3.63) is 29.8 Å². The van der Waals surface area contributed by atoms with Crippen LogP contribution in [-0.2, 0) is 14.8 Å². The van der Waals surface area contributed by atoms with Crippen molar-refractivity contribution in [2.24, 2.45) is 5.73 Å². The standard InChI is InChI=1S/C16H25N3O4S.ClH/c1-23-11-10-18-24(21,22)15-8-2-12(3-9-15)16(20)19-14-6-4-13(17)5-7-14;/h2-3,8-9,13-14,18H,4-7,10-11,17H2,1H3,(H,19,20);1H. The highest BCUT2D eigenvalue weighted by atomic mass is 35.5. The molecule has 25 heavy (non-hydrogen) atoms. The molecule has 1 aromatic carbocycles. The number of nitrogens with one attached hydrogen (secondary N) is 2. The molecule has 1 amide bonds. The van der Waals surface area contributed by atoms with Crippen molar-refractivity contribution in [1.82, 2.24) is 10.0 Å². The van der Waals surface area contributed by atoms with Crippen LogP contribution in [0.2, 0.25) is 0 Å². The van der Waals surface area contributed by atoms with Crippen molar-refractivity contribution in [2.45, 2.75) is 42.7 Å². The maximum Gasteiger partial charge on any atom is 0.251 e. The maximum atomic E-state index is 12.2. The fourth-order valence-corrected chi connectivity index (χ4v) is 3.69. The van der Waals surface area contributed by atoms with Gasteiger partial charge in [0.1, 0.15) is 0 Å². The van der Waals surface area contributed by atoms with Gasteiger partial charge in [0.2, 0.25) is 10.0 Å². The molecule has 0 bridgehead atoms. The van der Waals surface area contributed by atoms with Gasteiger partial charge in [-0.05, 0) is 49.9 Å². The van der Waals surface area contributed by atoms with Crippen molar-refractivity contribution < 1.29 is 17.9 Å². The topological polar surface area (TPSA) is 111 Å². The molecule has 1 fully saturated rings. The largest absolute Gasteiger partial charge is 0.383 e. The van der Waals surface area contributed by atoms with Crippen LogP contribution in [0.1, 0.15) is 36.0 Å². The first-order valence-corrected chi connectivity index (χ1v) is 9.56. The molecule has 0 aromatic heterocycles. The third kappa shape index (κ3) is 6.56. The number of rotatable bonds is 7. The molecule has 0 aliphatic heterocycles. The van der Waals surface area contributed by atoms with Crippen LogP contribution in [0.25, 0.3) is 0 Å². The minimum atomic E-state index is -3.58. The fraction of sp³-hybridized carbons (Fsp3) is 0.562. The second kappa shape index (κ2) is 10.1. The highest BCUT2D eigenvalue weighted by molar-refractivity contribution is 7.89. The lowest BCUT2D eigenvalue weighted by Gasteiger charge is -2.26. The van der Waals surface area contributed by atoms with Gasteiger partial charge in [0.15, 0.2) is 0 Å². The predicted molar refractivity (Wildman–Crippen MR) is 98.5 cm³/mol. The number of sulfonamides is 1. The van der Waals surface area contributed by atoms with E-state index < -0.39 is 10.0 Å². The van der Waals surface area contributed by atoms with Crippen molar-refractivity contribution in [3.8, 4) is 0 Å². The van der Waals surface area contributed by atoms with E-state index in [-0.39, 0.29) is 41.8 Å². The summed E-state index contributed by atoms with van der Waals surface area (Å²) in [6, 6.07) is 6.27. The van der Waals surface area contributed by atoms with Gasteiger partial charge in [0.25, 0.3) is 5.91 Å². The molecule has 0 radical (unpaired) electrons. The van der Waals surface area contributed by atoms with Gasteiger partial charge in [-0.25, -0.2) is 13.1 Å². The monoisotopic (exact) mass is 391 g/mol. The van der Waals surface area contributed by atoms with Crippen LogP contribution in [0.15, 0.2) is 29.2 Å². The summed E-state index contributed by atoms with van der Waals surface area (Å²) >= 11 is 0. The number of benzene rings is 1. The summed E-state index contributed by atoms with van der Waals surface area (Å²) in [6.45, 7) is 0.496. The summed E-state index contributed by atoms with van der Waals surface area (Å²) in [5.41, 5.74) is 6.30. The number of carbonyl (C=O) groups excluding carboxylic acids is 1. The molecule has 0 spiro atoms. The SMILES string of the molecule is COCCNS(=O)(=O)c1ccc(C(=O)NC2CCC(N)CC2)cc1.Cl. The van der Waals surface area contributed by atoms with Crippen LogP contribution in [0.5, 0.6) is 0 Å². The van der Waals surface area contributed by atoms with Gasteiger partial charge in [-0.3, -0.25) is 4.79 Å². The van der Waals surface area contributed by atoms with Gasteiger partial charge in [-0.15, -0.1) is 12.4 Å². The number of halogens is 1. The number of hydrogen-bond donors (Lipinski definition) is 3. The zero-order valence-electron chi connectivity index (χ0n) is 14.2. The Balaban J connectivity index is 0.00000312. The van der Waals surface area contributed by atoms with E-state index in [2.05, 4.69) is 10.0 Å². The molecule has 0 atom stereocenters. The van der Waals surface area contributed by atoms with Crippen LogP contribution in [0.4, 0.5) is 0 Å². The first-order valence-electron chi connectivity index (χ1n) is 8.07. The molecule has 1 aliphatic carbocycles. The van der Waals surface area contributed by atoms with E-state index in [1.54, 1.807) is 0 Å². The molecule has 0 heterocycles. The number of amides is 1. The Labute approximate surface area is 155 Å². The van der Waals surface area contributed by atoms with Crippen molar-refractivity contribution in [3.63, 3.8) is 0 Å². The molecule has 0 unspecified atom stereocenters. The molecule has 1 aliphatic rings. The lowest BCUT2D eigenvalue weighted by atomic mass is 9.91. The Morgan fingerprint density at radius 3 is 2.36 bits per heavy atom. The van der Waals surface area contributed by atoms with Gasteiger partial charge in [0.05, 0.1) is 11.5 Å². The van der Waals surface area contributed by atoms with Crippen LogP contribution >= 0.6 is 12.4 Å². The van der Waals surface area contributed by atoms with Gasteiger partial charge in [-0.2, -0.15) is 0 Å². The third-order valence-corrected chi connectivity index (χ3v) is 5.61. The van der Waals surface area contributed by atoms with E-state index in [4.69, 9.17) is 10.5 Å². The molecule has 142 valence electrons. The highest BCUT2D eigenvalue weighted by Gasteiger charge is 2.21. The molecule has 0 saturated heterocycles. The van der Waals surface area contributed by atoms with Gasteiger partial charge in [-0.1, -0.05) is 0 Å². The Bertz CT molecular complexity index is 644. The van der Waals surface area contributed by atoms with E-state index >= 15 is 0 Å². The molecule has 7 nitrogen and oxygen atoms in total. The number of ether oxygens (including phenoxy) is 1. The van der Waals surface area contributed by atoms with Crippen LogP contribution in [0.3, 0.4) is 0 Å². The van der Waals surface area contributed by atoms with Gasteiger partial charge >= 0.3 is 0 Å². The van der Waals surface area contributed by atoms with E-state index in [1.807, 2.05) is 0 Å². The smallest absolute Gasteiger partial charge is 0.251 e. The number of carbonyl (C=O) groups is 1. The lowest BCUT2D eigenvalue weighted by molar-refractivity contribution is 0.0925. The average Bonchev–Trinajstić information content (AvgIpc) is 2.57. The summed E-state index contributed by atoms with van der Waals surface area (Å²) in [7, 11) is -2.08. The quantitative estimate of drug-likeness (QED) is 0.601. The summed E-state index contributed by atoms with van der Waals surface area (Å²) in [5, 5.41) is 2.98. The summed E-state index contributed by atoms with van der Waals surface area (Å²) in [6.07, 6.45) is 3.58. The van der Waals surface area contributed by atoms with E-state index in [0.29, 0.717) is 12.2 Å². The van der Waals surface area contributed by atoms with Gasteiger partial charge < -0.3 is 15.8 Å². The van der Waals surface area contributed by atoms with Crippen molar-refractivity contribution in [1.29, 1.82) is 0 Å². The Morgan fingerprint density at radius 2 is 1.80 bits per heavy atom. The molecular weight excluding hydrogens is 366 g/mol. The number of methoxy groups -OCH3 is 1. The summed E-state index contributed by atoms with van der Waals surface area (Å²) < 4.78 is 31.4. The van der Waals surface area contributed by atoms with Crippen molar-refractivity contribution >= 4 is 28.3 Å². The number of nitrogens with two attached hydrogens (primary N) is 1. The van der Waals surface area contributed by atoms with E-state index in [0.717, 1.165) is 25.7 Å². The van der Waals surface area contributed by atoms with Crippen LogP contribution in [0, 0.1) is 0 Å². The Hall–Kier alpha value is -1.19. The predicted octanol–water partition coefficient (Wildman–Crippen LogP) is 1.03. The second-order valence-electron chi connectivity index (χ2n) is 6.00. The summed E-state index contributed by atoms with van der Waals surface area (Å²) in [4.78, 5) is 12.4. The molecule has 4 N–H and O–H groups in total. The minimum Gasteiger partial charge on any atom is -0.383 e. The molecule has 1 aromatic rings. The highest BCUT2D eigenvalue weighted by Crippen LogP contribution is 2.18. The average molecular weight is 392 g/mol. The van der Waals surface area contributed by atoms with E-state index in [1.165, 1.54) is 31.4 Å².